The van der Waals surface area contributed by atoms with E-state index in [1.54, 1.807) is 12.1 Å². The van der Waals surface area contributed by atoms with Gasteiger partial charge in [0.25, 0.3) is 5.91 Å². The maximum absolute atomic E-state index is 15.8. The molecule has 1 amide bonds. The zero-order valence-corrected chi connectivity index (χ0v) is 26.4. The number of benzene rings is 2. The van der Waals surface area contributed by atoms with Gasteiger partial charge in [0.2, 0.25) is 0 Å². The number of ketones is 1. The van der Waals surface area contributed by atoms with Gasteiger partial charge in [-0.2, -0.15) is 0 Å². The molecule has 1 atom stereocenters. The maximum atomic E-state index is 15.8. The summed E-state index contributed by atoms with van der Waals surface area (Å²) in [6.45, 7) is 11.0. The number of hydrogen-bond acceptors (Lipinski definition) is 7. The summed E-state index contributed by atoms with van der Waals surface area (Å²) in [5, 5.41) is 9.61. The Kier molecular flexibility index (Phi) is 18.4. The highest BCUT2D eigenvalue weighted by Crippen LogP contribution is 2.28. The van der Waals surface area contributed by atoms with Crippen LogP contribution in [0.5, 0.6) is 0 Å². The number of carbonyl (C=O) groups excluding carboxylic acids is 4. The number of halogens is 1. The van der Waals surface area contributed by atoms with E-state index in [4.69, 9.17) is 9.59 Å². The van der Waals surface area contributed by atoms with E-state index in [0.717, 1.165) is 37.7 Å². The van der Waals surface area contributed by atoms with Crippen LogP contribution in [0.15, 0.2) is 42.5 Å². The normalized spacial score (nSPS) is 13.5. The molecule has 43 heavy (non-hydrogen) atoms. The molecule has 0 spiro atoms. The first kappa shape index (κ1) is 37.4. The zero-order chi connectivity index (χ0) is 32.2. The topological polar surface area (TPSA) is 108 Å². The Hall–Kier alpha value is -3.59. The SMILES string of the molecule is C=O.C=O.CCCCCN(C)c1cc(NC(C)C)cc(C(=O)NC(Cc2ccccc2)C(=O)CNC2CCCCC2)c1F. The van der Waals surface area contributed by atoms with Gasteiger partial charge in [-0.1, -0.05) is 69.4 Å². The summed E-state index contributed by atoms with van der Waals surface area (Å²) >= 11 is 0. The van der Waals surface area contributed by atoms with Crippen LogP contribution in [0.1, 0.15) is 88.1 Å². The molecule has 1 unspecified atom stereocenters. The van der Waals surface area contributed by atoms with Crippen LogP contribution >= 0.6 is 0 Å². The molecular weight excluding hydrogens is 547 g/mol. The van der Waals surface area contributed by atoms with Crippen molar-refractivity contribution in [2.24, 2.45) is 0 Å². The number of unbranched alkanes of at least 4 members (excludes halogenated alkanes) is 2. The lowest BCUT2D eigenvalue weighted by Crippen LogP contribution is -2.47. The lowest BCUT2D eigenvalue weighted by Gasteiger charge is -2.25. The van der Waals surface area contributed by atoms with E-state index < -0.39 is 17.8 Å². The summed E-state index contributed by atoms with van der Waals surface area (Å²) in [7, 11) is 1.85. The van der Waals surface area contributed by atoms with Gasteiger partial charge in [-0.25, -0.2) is 4.39 Å². The Morgan fingerprint density at radius 3 is 2.26 bits per heavy atom. The van der Waals surface area contributed by atoms with Crippen molar-refractivity contribution in [3.8, 4) is 0 Å². The summed E-state index contributed by atoms with van der Waals surface area (Å²) in [6.07, 6.45) is 9.15. The first-order chi connectivity index (χ1) is 20.8. The molecule has 1 aliphatic rings. The highest BCUT2D eigenvalue weighted by Gasteiger charge is 2.26. The Labute approximate surface area is 257 Å². The van der Waals surface area contributed by atoms with Gasteiger partial charge in [0.05, 0.1) is 23.8 Å². The van der Waals surface area contributed by atoms with Crippen LogP contribution in [0.4, 0.5) is 15.8 Å². The molecule has 1 aliphatic carbocycles. The van der Waals surface area contributed by atoms with Crippen LogP contribution < -0.4 is 20.9 Å². The highest BCUT2D eigenvalue weighted by atomic mass is 19.1. The minimum atomic E-state index is -0.761. The van der Waals surface area contributed by atoms with Crippen LogP contribution in [0.25, 0.3) is 0 Å². The van der Waals surface area contributed by atoms with E-state index >= 15 is 4.39 Å². The third-order valence-corrected chi connectivity index (χ3v) is 7.41. The second-order valence-corrected chi connectivity index (χ2v) is 11.2. The highest BCUT2D eigenvalue weighted by molar-refractivity contribution is 6.00. The molecule has 2 aromatic rings. The molecule has 0 bridgehead atoms. The Balaban J connectivity index is 0.00000221. The molecule has 0 heterocycles. The number of amides is 1. The van der Waals surface area contributed by atoms with E-state index in [1.165, 1.54) is 19.3 Å². The van der Waals surface area contributed by atoms with Crippen molar-refractivity contribution < 1.29 is 23.6 Å². The van der Waals surface area contributed by atoms with E-state index in [2.05, 4.69) is 22.9 Å². The molecule has 9 heteroatoms. The first-order valence-corrected chi connectivity index (χ1v) is 15.3. The van der Waals surface area contributed by atoms with Crippen molar-refractivity contribution in [2.75, 3.05) is 30.4 Å². The molecule has 8 nitrogen and oxygen atoms in total. The largest absolute Gasteiger partial charge is 0.383 e. The molecule has 2 aromatic carbocycles. The average Bonchev–Trinajstić information content (AvgIpc) is 3.03. The van der Waals surface area contributed by atoms with Gasteiger partial charge in [-0.15, -0.1) is 0 Å². The van der Waals surface area contributed by atoms with E-state index in [9.17, 15) is 9.59 Å². The summed E-state index contributed by atoms with van der Waals surface area (Å²) in [5.41, 5.74) is 1.95. The second-order valence-electron chi connectivity index (χ2n) is 11.2. The minimum Gasteiger partial charge on any atom is -0.383 e. The summed E-state index contributed by atoms with van der Waals surface area (Å²) in [6, 6.07) is 12.6. The summed E-state index contributed by atoms with van der Waals surface area (Å²) in [5.74, 6) is -1.23. The number of carbonyl (C=O) groups is 4. The summed E-state index contributed by atoms with van der Waals surface area (Å²) in [4.78, 5) is 44.8. The van der Waals surface area contributed by atoms with Crippen molar-refractivity contribution in [3.05, 3.63) is 59.4 Å². The smallest absolute Gasteiger partial charge is 0.255 e. The van der Waals surface area contributed by atoms with Crippen molar-refractivity contribution in [1.82, 2.24) is 10.6 Å². The lowest BCUT2D eigenvalue weighted by molar-refractivity contribution is -0.120. The Bertz CT molecular complexity index is 1090. The fourth-order valence-electron chi connectivity index (χ4n) is 5.19. The van der Waals surface area contributed by atoms with E-state index in [-0.39, 0.29) is 23.9 Å². The maximum Gasteiger partial charge on any atom is 0.255 e. The van der Waals surface area contributed by atoms with Gasteiger partial charge in [0.1, 0.15) is 13.6 Å². The van der Waals surface area contributed by atoms with Crippen molar-refractivity contribution in [2.45, 2.75) is 96.7 Å². The number of rotatable bonds is 15. The second kappa shape index (κ2) is 21.2. The van der Waals surface area contributed by atoms with Gasteiger partial charge in [-0.05, 0) is 57.2 Å². The Morgan fingerprint density at radius 1 is 1.00 bits per heavy atom. The number of nitrogens with zero attached hydrogens (tertiary/aromatic N) is 1. The molecule has 3 rings (SSSR count). The van der Waals surface area contributed by atoms with Crippen LogP contribution in [0.2, 0.25) is 0 Å². The van der Waals surface area contributed by atoms with Gasteiger partial charge in [0, 0.05) is 31.4 Å². The zero-order valence-electron chi connectivity index (χ0n) is 26.4. The standard InChI is InChI=1S/C32H47FN4O2.2CH2O/c1-5-6-13-18-37(4)29-21-26(35-23(2)3)20-27(31(29)33)32(39)36-28(19-24-14-9-7-10-15-24)30(38)22-34-25-16-11-8-12-17-25;2*1-2/h7,9-10,14-15,20-21,23,25,28,34-35H,5-6,8,11-13,16-19,22H2,1-4H3,(H,36,39);2*1H2. The molecule has 3 N–H and O–H groups in total. The molecule has 1 fully saturated rings. The van der Waals surface area contributed by atoms with Gasteiger partial charge >= 0.3 is 0 Å². The predicted molar refractivity (Wildman–Crippen MR) is 173 cm³/mol. The predicted octanol–water partition coefficient (Wildman–Crippen LogP) is 5.74. The molecule has 0 aliphatic heterocycles. The minimum absolute atomic E-state index is 0.0518. The number of anilines is 2. The van der Waals surface area contributed by atoms with Gasteiger partial charge < -0.3 is 30.4 Å². The van der Waals surface area contributed by atoms with Gasteiger partial charge in [-0.3, -0.25) is 9.59 Å². The quantitative estimate of drug-likeness (QED) is 0.225. The fraction of sp³-hybridized carbons (Fsp3) is 0.529. The van der Waals surface area contributed by atoms with Crippen molar-refractivity contribution in [1.29, 1.82) is 0 Å². The number of Topliss-reactive ketones (excluding diaryl/α,β-unsaturated/α-hetero) is 1. The molecule has 238 valence electrons. The van der Waals surface area contributed by atoms with Crippen molar-refractivity contribution in [3.63, 3.8) is 0 Å². The van der Waals surface area contributed by atoms with Crippen LogP contribution in [-0.2, 0) is 20.8 Å². The molecule has 0 saturated heterocycles. The third-order valence-electron chi connectivity index (χ3n) is 7.41. The monoisotopic (exact) mass is 598 g/mol. The summed E-state index contributed by atoms with van der Waals surface area (Å²) < 4.78 is 15.8. The van der Waals surface area contributed by atoms with Crippen molar-refractivity contribution >= 4 is 36.6 Å². The van der Waals surface area contributed by atoms with Crippen LogP contribution in [0, 0.1) is 5.82 Å². The molecule has 1 saturated carbocycles. The average molecular weight is 599 g/mol. The fourth-order valence-corrected chi connectivity index (χ4v) is 5.19. The molecule has 0 radical (unpaired) electrons. The molecular formula is C34H51FN4O4. The third kappa shape index (κ3) is 13.1. The first-order valence-electron chi connectivity index (χ1n) is 15.3. The number of nitrogens with one attached hydrogen (secondary N) is 3. The van der Waals surface area contributed by atoms with E-state index in [0.29, 0.717) is 30.4 Å². The lowest BCUT2D eigenvalue weighted by atomic mass is 9.95. The Morgan fingerprint density at radius 2 is 1.65 bits per heavy atom. The van der Waals surface area contributed by atoms with Crippen LogP contribution in [0.3, 0.4) is 0 Å². The van der Waals surface area contributed by atoms with E-state index in [1.807, 2.05) is 69.7 Å². The molecule has 0 aromatic heterocycles. The van der Waals surface area contributed by atoms with Gasteiger partial charge in [0.15, 0.2) is 11.6 Å². The van der Waals surface area contributed by atoms with Crippen LogP contribution in [-0.4, -0.2) is 63.5 Å². The number of hydrogen-bond donors (Lipinski definition) is 3.